The maximum atomic E-state index is 13.0. The van der Waals surface area contributed by atoms with E-state index in [1.54, 1.807) is 19.6 Å². The van der Waals surface area contributed by atoms with E-state index in [0.717, 1.165) is 32.1 Å². The highest BCUT2D eigenvalue weighted by atomic mass is 32.2. The predicted molar refractivity (Wildman–Crippen MR) is 92.4 cm³/mol. The summed E-state index contributed by atoms with van der Waals surface area (Å²) in [6.07, 6.45) is 9.35. The third kappa shape index (κ3) is 2.88. The smallest absolute Gasteiger partial charge is 0.226 e. The van der Waals surface area contributed by atoms with Gasteiger partial charge in [0.2, 0.25) is 5.91 Å². The van der Waals surface area contributed by atoms with Gasteiger partial charge in [-0.3, -0.25) is 4.79 Å². The number of sulfone groups is 1. The molecule has 4 aliphatic carbocycles. The molecule has 7 nitrogen and oxygen atoms in total. The summed E-state index contributed by atoms with van der Waals surface area (Å²) < 4.78 is 25.3. The minimum atomic E-state index is -3.06. The summed E-state index contributed by atoms with van der Waals surface area (Å²) in [5.74, 6) is 1.28. The van der Waals surface area contributed by atoms with Crippen LogP contribution in [0.3, 0.4) is 0 Å². The molecule has 2 atom stereocenters. The van der Waals surface area contributed by atoms with Gasteiger partial charge in [-0.1, -0.05) is 6.92 Å². The Morgan fingerprint density at radius 3 is 2.60 bits per heavy atom. The Morgan fingerprint density at radius 2 is 2.00 bits per heavy atom. The van der Waals surface area contributed by atoms with Crippen molar-refractivity contribution in [2.24, 2.45) is 17.3 Å². The Bertz CT molecular complexity index is 745. The van der Waals surface area contributed by atoms with Gasteiger partial charge in [-0.2, -0.15) is 5.10 Å². The number of nitrogens with one attached hydrogen (secondary N) is 1. The lowest BCUT2D eigenvalue weighted by Crippen LogP contribution is -2.61. The summed E-state index contributed by atoms with van der Waals surface area (Å²) in [7, 11) is -3.06. The van der Waals surface area contributed by atoms with Crippen molar-refractivity contribution >= 4 is 15.7 Å². The Morgan fingerprint density at radius 1 is 1.28 bits per heavy atom. The molecule has 0 saturated heterocycles. The maximum Gasteiger partial charge on any atom is 0.226 e. The van der Waals surface area contributed by atoms with Crippen LogP contribution in [-0.2, 0) is 20.2 Å². The van der Waals surface area contributed by atoms with Crippen LogP contribution in [0.15, 0.2) is 12.7 Å². The van der Waals surface area contributed by atoms with Crippen LogP contribution in [0.2, 0.25) is 0 Å². The van der Waals surface area contributed by atoms with E-state index < -0.39 is 9.84 Å². The van der Waals surface area contributed by atoms with Crippen LogP contribution in [-0.4, -0.2) is 47.1 Å². The second-order valence-corrected chi connectivity index (χ2v) is 10.8. The van der Waals surface area contributed by atoms with Gasteiger partial charge >= 0.3 is 0 Å². The highest BCUT2D eigenvalue weighted by Crippen LogP contribution is 2.64. The van der Waals surface area contributed by atoms with Crippen molar-refractivity contribution in [1.82, 2.24) is 20.1 Å². The number of amides is 1. The molecule has 1 aromatic rings. The number of carbonyl (C=O) groups is 1. The Balaban J connectivity index is 1.52. The first-order valence-corrected chi connectivity index (χ1v) is 11.0. The molecule has 8 heteroatoms. The molecule has 0 aliphatic heterocycles. The van der Waals surface area contributed by atoms with Crippen molar-refractivity contribution < 1.29 is 13.2 Å². The molecule has 5 rings (SSSR count). The summed E-state index contributed by atoms with van der Waals surface area (Å²) in [5, 5.41) is 7.33. The third-order valence-corrected chi connectivity index (χ3v) is 8.26. The third-order valence-electron chi connectivity index (χ3n) is 6.56. The summed E-state index contributed by atoms with van der Waals surface area (Å²) in [4.78, 5) is 17.1. The van der Waals surface area contributed by atoms with Gasteiger partial charge < -0.3 is 5.32 Å². The SMILES string of the molecule is CCS(=O)(=O)CCNC(=O)C12C[C@H]3C[C@H](C1)CC(n1cncn1)(C3)C2. The highest BCUT2D eigenvalue weighted by Gasteiger charge is 2.61. The first kappa shape index (κ1) is 17.0. The van der Waals surface area contributed by atoms with Crippen LogP contribution in [0.1, 0.15) is 45.4 Å². The van der Waals surface area contributed by atoms with E-state index in [9.17, 15) is 13.2 Å². The molecule has 4 aliphatic rings. The molecule has 4 fully saturated rings. The first-order valence-electron chi connectivity index (χ1n) is 9.20. The van der Waals surface area contributed by atoms with Gasteiger partial charge in [0.05, 0.1) is 16.7 Å². The van der Waals surface area contributed by atoms with E-state index in [1.165, 1.54) is 6.42 Å². The fourth-order valence-electron chi connectivity index (χ4n) is 5.85. The van der Waals surface area contributed by atoms with Crippen molar-refractivity contribution in [3.8, 4) is 0 Å². The molecule has 0 aromatic carbocycles. The number of aromatic nitrogens is 3. The van der Waals surface area contributed by atoms with Crippen molar-refractivity contribution in [3.05, 3.63) is 12.7 Å². The van der Waals surface area contributed by atoms with Crippen molar-refractivity contribution in [3.63, 3.8) is 0 Å². The van der Waals surface area contributed by atoms with Gasteiger partial charge in [0, 0.05) is 12.3 Å². The quantitative estimate of drug-likeness (QED) is 0.814. The van der Waals surface area contributed by atoms with Gasteiger partial charge in [0.25, 0.3) is 0 Å². The second-order valence-electron chi connectivity index (χ2n) is 8.30. The lowest BCUT2D eigenvalue weighted by Gasteiger charge is -2.60. The molecule has 1 amide bonds. The van der Waals surface area contributed by atoms with E-state index in [1.807, 2.05) is 4.68 Å². The average molecular weight is 366 g/mol. The molecule has 0 radical (unpaired) electrons. The van der Waals surface area contributed by atoms with Crippen LogP contribution in [0.5, 0.6) is 0 Å². The molecule has 4 bridgehead atoms. The summed E-state index contributed by atoms with van der Waals surface area (Å²) in [5.41, 5.74) is -0.459. The summed E-state index contributed by atoms with van der Waals surface area (Å²) >= 11 is 0. The minimum absolute atomic E-state index is 0.0202. The molecule has 1 aromatic heterocycles. The molecule has 0 spiro atoms. The molecule has 1 heterocycles. The molecule has 25 heavy (non-hydrogen) atoms. The topological polar surface area (TPSA) is 94.0 Å². The summed E-state index contributed by atoms with van der Waals surface area (Å²) in [6.45, 7) is 1.85. The highest BCUT2D eigenvalue weighted by molar-refractivity contribution is 7.91. The second kappa shape index (κ2) is 5.79. The van der Waals surface area contributed by atoms with E-state index in [-0.39, 0.29) is 34.9 Å². The lowest BCUT2D eigenvalue weighted by molar-refractivity contribution is -0.155. The van der Waals surface area contributed by atoms with Gasteiger partial charge in [0.15, 0.2) is 9.84 Å². The molecule has 4 saturated carbocycles. The lowest BCUT2D eigenvalue weighted by atomic mass is 9.46. The molecular weight excluding hydrogens is 340 g/mol. The zero-order valence-electron chi connectivity index (χ0n) is 14.6. The zero-order chi connectivity index (χ0) is 17.7. The summed E-state index contributed by atoms with van der Waals surface area (Å²) in [6, 6.07) is 0. The maximum absolute atomic E-state index is 13.0. The van der Waals surface area contributed by atoms with Gasteiger partial charge in [0.1, 0.15) is 12.7 Å². The number of carbonyl (C=O) groups excluding carboxylic acids is 1. The molecule has 138 valence electrons. The Kier molecular flexibility index (Phi) is 3.94. The zero-order valence-corrected chi connectivity index (χ0v) is 15.5. The van der Waals surface area contributed by atoms with Gasteiger partial charge in [-0.15, -0.1) is 0 Å². The minimum Gasteiger partial charge on any atom is -0.355 e. The fourth-order valence-corrected chi connectivity index (χ4v) is 6.55. The van der Waals surface area contributed by atoms with Crippen molar-refractivity contribution in [1.29, 1.82) is 0 Å². The number of hydrogen-bond donors (Lipinski definition) is 1. The molecule has 0 unspecified atom stereocenters. The van der Waals surface area contributed by atoms with E-state index in [4.69, 9.17) is 0 Å². The number of hydrogen-bond acceptors (Lipinski definition) is 5. The standard InChI is InChI=1S/C17H26N4O3S/c1-2-25(23,24)4-3-19-15(22)16-6-13-5-14(7-16)9-17(8-13,10-16)21-12-18-11-20-21/h11-14H,2-10H2,1H3,(H,19,22)/t13-,14-,16?,17?/m1/s1. The molecular formula is C17H26N4O3S. The van der Waals surface area contributed by atoms with Crippen LogP contribution >= 0.6 is 0 Å². The van der Waals surface area contributed by atoms with E-state index in [0.29, 0.717) is 11.8 Å². The monoisotopic (exact) mass is 366 g/mol. The largest absolute Gasteiger partial charge is 0.355 e. The average Bonchev–Trinajstić information content (AvgIpc) is 3.08. The van der Waals surface area contributed by atoms with Crippen LogP contribution in [0.25, 0.3) is 0 Å². The van der Waals surface area contributed by atoms with Gasteiger partial charge in [-0.25, -0.2) is 18.1 Å². The van der Waals surface area contributed by atoms with Crippen molar-refractivity contribution in [2.45, 2.75) is 51.0 Å². The van der Waals surface area contributed by atoms with Crippen LogP contribution in [0.4, 0.5) is 0 Å². The number of nitrogens with zero attached hydrogens (tertiary/aromatic N) is 3. The normalized spacial score (nSPS) is 36.5. The fraction of sp³-hybridized carbons (Fsp3) is 0.824. The van der Waals surface area contributed by atoms with E-state index in [2.05, 4.69) is 15.4 Å². The Labute approximate surface area is 148 Å². The van der Waals surface area contributed by atoms with Gasteiger partial charge in [-0.05, 0) is 50.4 Å². The Hall–Kier alpha value is -1.44. The first-order chi connectivity index (χ1) is 11.9. The predicted octanol–water partition coefficient (Wildman–Crippen LogP) is 1.12. The van der Waals surface area contributed by atoms with Crippen LogP contribution < -0.4 is 5.32 Å². The van der Waals surface area contributed by atoms with E-state index >= 15 is 0 Å². The van der Waals surface area contributed by atoms with Crippen molar-refractivity contribution in [2.75, 3.05) is 18.1 Å². The molecule has 1 N–H and O–H groups in total. The number of rotatable bonds is 6. The van der Waals surface area contributed by atoms with Crippen LogP contribution in [0, 0.1) is 17.3 Å².